The van der Waals surface area contributed by atoms with E-state index in [1.54, 1.807) is 0 Å². The van der Waals surface area contributed by atoms with Gasteiger partial charge in [0.15, 0.2) is 0 Å². The maximum absolute atomic E-state index is 12.3. The zero-order chi connectivity index (χ0) is 16.9. The summed E-state index contributed by atoms with van der Waals surface area (Å²) < 4.78 is 1.97. The summed E-state index contributed by atoms with van der Waals surface area (Å²) in [6.07, 6.45) is 6.88. The van der Waals surface area contributed by atoms with Crippen LogP contribution in [0.2, 0.25) is 0 Å². The summed E-state index contributed by atoms with van der Waals surface area (Å²) in [7, 11) is 0. The van der Waals surface area contributed by atoms with Crippen LogP contribution in [-0.4, -0.2) is 15.7 Å². The number of carbonyl (C=O) groups is 1. The van der Waals surface area contributed by atoms with Gasteiger partial charge < -0.3 is 5.32 Å². The monoisotopic (exact) mass is 325 g/mol. The minimum atomic E-state index is 0.118. The van der Waals surface area contributed by atoms with Gasteiger partial charge in [0.25, 0.3) is 0 Å². The quantitative estimate of drug-likeness (QED) is 0.852. The fraction of sp³-hybridized carbons (Fsp3) is 0.500. The van der Waals surface area contributed by atoms with E-state index in [0.29, 0.717) is 6.42 Å². The van der Waals surface area contributed by atoms with Gasteiger partial charge in [0, 0.05) is 6.42 Å². The highest BCUT2D eigenvalue weighted by molar-refractivity contribution is 5.91. The molecule has 1 aromatic heterocycles. The second-order valence-corrected chi connectivity index (χ2v) is 6.93. The van der Waals surface area contributed by atoms with Crippen LogP contribution in [0, 0.1) is 19.8 Å². The highest BCUT2D eigenvalue weighted by atomic mass is 16.1. The molecule has 128 valence electrons. The lowest BCUT2D eigenvalue weighted by atomic mass is 10.0. The Morgan fingerprint density at radius 3 is 2.62 bits per heavy atom. The van der Waals surface area contributed by atoms with Crippen LogP contribution in [0.15, 0.2) is 30.3 Å². The lowest BCUT2D eigenvalue weighted by Crippen LogP contribution is -2.14. The van der Waals surface area contributed by atoms with Crippen LogP contribution in [0.1, 0.15) is 55.5 Å². The van der Waals surface area contributed by atoms with Crippen molar-refractivity contribution in [3.63, 3.8) is 0 Å². The van der Waals surface area contributed by atoms with Gasteiger partial charge in [-0.2, -0.15) is 5.10 Å². The van der Waals surface area contributed by atoms with Crippen molar-refractivity contribution < 1.29 is 4.79 Å². The number of hydrogen-bond donors (Lipinski definition) is 1. The molecule has 0 aliphatic heterocycles. The van der Waals surface area contributed by atoms with E-state index in [0.717, 1.165) is 36.0 Å². The number of rotatable bonds is 6. The number of aromatic nitrogens is 2. The molecule has 1 aliphatic rings. The van der Waals surface area contributed by atoms with Gasteiger partial charge in [-0.1, -0.05) is 56.0 Å². The van der Waals surface area contributed by atoms with Crippen molar-refractivity contribution in [2.75, 3.05) is 5.32 Å². The Bertz CT molecular complexity index is 684. The molecular formula is C20H27N3O. The predicted molar refractivity (Wildman–Crippen MR) is 97.1 cm³/mol. The smallest absolute Gasteiger partial charge is 0.224 e. The molecule has 0 radical (unpaired) electrons. The Morgan fingerprint density at radius 1 is 1.21 bits per heavy atom. The number of anilines is 1. The molecule has 1 aromatic carbocycles. The molecule has 4 nitrogen and oxygen atoms in total. The van der Waals surface area contributed by atoms with Crippen LogP contribution in [0.25, 0.3) is 0 Å². The predicted octanol–water partition coefficient (Wildman–Crippen LogP) is 4.46. The number of amides is 1. The second-order valence-electron chi connectivity index (χ2n) is 6.93. The van der Waals surface area contributed by atoms with Crippen LogP contribution in [0.4, 0.5) is 5.69 Å². The van der Waals surface area contributed by atoms with E-state index in [4.69, 9.17) is 0 Å². The van der Waals surface area contributed by atoms with Gasteiger partial charge in [-0.15, -0.1) is 0 Å². The topological polar surface area (TPSA) is 46.9 Å². The van der Waals surface area contributed by atoms with Crippen molar-refractivity contribution in [3.8, 4) is 0 Å². The van der Waals surface area contributed by atoms with Gasteiger partial charge in [0.1, 0.15) is 0 Å². The first-order valence-electron chi connectivity index (χ1n) is 9.01. The highest BCUT2D eigenvalue weighted by Crippen LogP contribution is 2.29. The molecule has 0 atom stereocenters. The van der Waals surface area contributed by atoms with E-state index in [-0.39, 0.29) is 5.91 Å². The number of hydrogen-bond acceptors (Lipinski definition) is 2. The summed E-state index contributed by atoms with van der Waals surface area (Å²) in [5, 5.41) is 7.68. The molecule has 1 amide bonds. The van der Waals surface area contributed by atoms with Gasteiger partial charge in [-0.25, -0.2) is 0 Å². The molecule has 0 bridgehead atoms. The first-order chi connectivity index (χ1) is 11.6. The van der Waals surface area contributed by atoms with E-state index in [1.807, 2.05) is 36.7 Å². The van der Waals surface area contributed by atoms with Crippen LogP contribution in [0.5, 0.6) is 0 Å². The zero-order valence-electron chi connectivity index (χ0n) is 14.7. The normalized spacial score (nSPS) is 14.9. The van der Waals surface area contributed by atoms with Crippen molar-refractivity contribution in [3.05, 3.63) is 47.3 Å². The summed E-state index contributed by atoms with van der Waals surface area (Å²) in [5.74, 6) is 0.867. The summed E-state index contributed by atoms with van der Waals surface area (Å²) >= 11 is 0. The number of nitrogens with one attached hydrogen (secondary N) is 1. The summed E-state index contributed by atoms with van der Waals surface area (Å²) in [6.45, 7) is 4.71. The molecular weight excluding hydrogens is 298 g/mol. The van der Waals surface area contributed by atoms with E-state index >= 15 is 0 Å². The molecule has 1 heterocycles. The van der Waals surface area contributed by atoms with Crippen LogP contribution >= 0.6 is 0 Å². The molecule has 0 spiro atoms. The third-order valence-electron chi connectivity index (χ3n) is 5.08. The molecule has 4 heteroatoms. The fourth-order valence-electron chi connectivity index (χ4n) is 3.62. The minimum absolute atomic E-state index is 0.118. The summed E-state index contributed by atoms with van der Waals surface area (Å²) in [4.78, 5) is 12.3. The lowest BCUT2D eigenvalue weighted by molar-refractivity contribution is -0.116. The average molecular weight is 325 g/mol. The van der Waals surface area contributed by atoms with Gasteiger partial charge >= 0.3 is 0 Å². The Kier molecular flexibility index (Phi) is 5.34. The molecule has 1 saturated carbocycles. The second kappa shape index (κ2) is 7.65. The number of benzene rings is 1. The molecule has 2 aromatic rings. The molecule has 1 N–H and O–H groups in total. The van der Waals surface area contributed by atoms with Crippen molar-refractivity contribution >= 4 is 11.6 Å². The van der Waals surface area contributed by atoms with Gasteiger partial charge in [0.2, 0.25) is 5.91 Å². The van der Waals surface area contributed by atoms with Crippen LogP contribution < -0.4 is 5.32 Å². The molecule has 1 fully saturated rings. The molecule has 0 unspecified atom stereocenters. The lowest BCUT2D eigenvalue weighted by Gasteiger charge is -2.10. The number of nitrogens with zero attached hydrogens (tertiary/aromatic N) is 2. The molecule has 1 aliphatic carbocycles. The van der Waals surface area contributed by atoms with E-state index in [9.17, 15) is 4.79 Å². The van der Waals surface area contributed by atoms with Crippen molar-refractivity contribution in [2.45, 2.75) is 58.9 Å². The minimum Gasteiger partial charge on any atom is -0.323 e. The average Bonchev–Trinajstić information content (AvgIpc) is 3.18. The zero-order valence-corrected chi connectivity index (χ0v) is 14.7. The Labute approximate surface area is 144 Å². The Morgan fingerprint density at radius 2 is 1.92 bits per heavy atom. The largest absolute Gasteiger partial charge is 0.323 e. The number of aryl methyl sites for hydroxylation is 1. The van der Waals surface area contributed by atoms with Gasteiger partial charge in [-0.05, 0) is 31.7 Å². The van der Waals surface area contributed by atoms with Crippen molar-refractivity contribution in [1.82, 2.24) is 9.78 Å². The fourth-order valence-corrected chi connectivity index (χ4v) is 3.62. The number of carbonyl (C=O) groups excluding carboxylic acids is 1. The first kappa shape index (κ1) is 16.7. The maximum Gasteiger partial charge on any atom is 0.224 e. The first-order valence-corrected chi connectivity index (χ1v) is 9.01. The van der Waals surface area contributed by atoms with E-state index in [1.165, 1.54) is 31.2 Å². The van der Waals surface area contributed by atoms with E-state index < -0.39 is 0 Å². The molecule has 0 saturated heterocycles. The van der Waals surface area contributed by atoms with E-state index in [2.05, 4.69) is 22.5 Å². The Hall–Kier alpha value is -2.10. The molecule has 3 rings (SSSR count). The SMILES string of the molecule is Cc1nn(Cc2ccccc2)c(C)c1NC(=O)CCC1CCCC1. The third kappa shape index (κ3) is 4.05. The van der Waals surface area contributed by atoms with Gasteiger partial charge in [-0.3, -0.25) is 9.48 Å². The van der Waals surface area contributed by atoms with Crippen LogP contribution in [0.3, 0.4) is 0 Å². The summed E-state index contributed by atoms with van der Waals surface area (Å²) in [6, 6.07) is 10.3. The van der Waals surface area contributed by atoms with Crippen molar-refractivity contribution in [2.24, 2.45) is 5.92 Å². The van der Waals surface area contributed by atoms with Gasteiger partial charge in [0.05, 0.1) is 23.6 Å². The Balaban J connectivity index is 1.62. The van der Waals surface area contributed by atoms with Crippen LogP contribution in [-0.2, 0) is 11.3 Å². The highest BCUT2D eigenvalue weighted by Gasteiger charge is 2.18. The summed E-state index contributed by atoms with van der Waals surface area (Å²) in [5.41, 5.74) is 3.99. The van der Waals surface area contributed by atoms with Crippen molar-refractivity contribution in [1.29, 1.82) is 0 Å². The third-order valence-corrected chi connectivity index (χ3v) is 5.08. The molecule has 24 heavy (non-hydrogen) atoms. The standard InChI is InChI=1S/C20H27N3O/c1-15-20(21-19(24)13-12-17-8-6-7-9-17)16(2)23(22-15)14-18-10-4-3-5-11-18/h3-5,10-11,17H,6-9,12-14H2,1-2H3,(H,21,24). The maximum atomic E-state index is 12.3.